The van der Waals surface area contributed by atoms with Crippen molar-refractivity contribution in [2.45, 2.75) is 96.2 Å². The van der Waals surface area contributed by atoms with Crippen molar-refractivity contribution >= 4 is 34.9 Å². The number of fused-ring (bicyclic) bond motifs is 7. The van der Waals surface area contributed by atoms with Gasteiger partial charge in [-0.25, -0.2) is 23.9 Å². The third-order valence-electron chi connectivity index (χ3n) is 14.6. The Morgan fingerprint density at radius 1 is 0.800 bits per heavy atom. The monoisotopic (exact) mass is 955 g/mol. The van der Waals surface area contributed by atoms with Crippen LogP contribution in [-0.2, 0) is 19.1 Å². The minimum absolute atomic E-state index is 0.0545. The molecule has 3 aromatic carbocycles. The number of methoxy groups -OCH3 is 3. The van der Waals surface area contributed by atoms with Crippen LogP contribution in [0, 0.1) is 23.6 Å². The van der Waals surface area contributed by atoms with Crippen LogP contribution in [0.3, 0.4) is 0 Å². The van der Waals surface area contributed by atoms with Gasteiger partial charge in [-0.1, -0.05) is 45.9 Å². The molecule has 17 nitrogen and oxygen atoms in total. The molecule has 18 heteroatoms. The lowest BCUT2D eigenvalue weighted by atomic mass is 9.95. The van der Waals surface area contributed by atoms with Gasteiger partial charge < -0.3 is 53.9 Å². The molecule has 0 spiro atoms. The van der Waals surface area contributed by atoms with Gasteiger partial charge in [0.25, 0.3) is 0 Å². The zero-order valence-corrected chi connectivity index (χ0v) is 40.2. The van der Waals surface area contributed by atoms with Crippen molar-refractivity contribution in [1.82, 2.24) is 44.9 Å². The molecule has 3 fully saturated rings. The number of hydrogen-bond donors (Lipinski definition) is 4. The normalized spacial score (nSPS) is 21.1. The van der Waals surface area contributed by atoms with Gasteiger partial charge in [-0.2, -0.15) is 0 Å². The minimum Gasteiger partial charge on any atom is -0.497 e. The summed E-state index contributed by atoms with van der Waals surface area (Å²) in [5, 5.41) is 6.29. The lowest BCUT2D eigenvalue weighted by molar-refractivity contribution is -0.139. The summed E-state index contributed by atoms with van der Waals surface area (Å²) in [7, 11) is 4.16. The fourth-order valence-corrected chi connectivity index (χ4v) is 11.1. The van der Waals surface area contributed by atoms with Crippen LogP contribution in [0.1, 0.15) is 95.3 Å². The van der Waals surface area contributed by atoms with Gasteiger partial charge in [-0.3, -0.25) is 9.59 Å². The van der Waals surface area contributed by atoms with Crippen LogP contribution in [0.5, 0.6) is 11.5 Å². The van der Waals surface area contributed by atoms with Crippen LogP contribution in [0.25, 0.3) is 44.7 Å². The highest BCUT2D eigenvalue weighted by Crippen LogP contribution is 2.51. The largest absolute Gasteiger partial charge is 0.497 e. The van der Waals surface area contributed by atoms with E-state index in [0.29, 0.717) is 58.6 Å². The first-order valence-electron chi connectivity index (χ1n) is 24.0. The van der Waals surface area contributed by atoms with Gasteiger partial charge >= 0.3 is 12.2 Å². The van der Waals surface area contributed by atoms with Crippen molar-refractivity contribution in [2.24, 2.45) is 17.8 Å². The maximum absolute atomic E-state index is 17.0. The second-order valence-corrected chi connectivity index (χ2v) is 19.4. The second-order valence-electron chi connectivity index (χ2n) is 19.4. The summed E-state index contributed by atoms with van der Waals surface area (Å²) >= 11 is 0. The minimum atomic E-state index is -0.781. The van der Waals surface area contributed by atoms with Crippen LogP contribution >= 0.6 is 0 Å². The molecule has 10 rings (SSSR count). The number of amides is 4. The number of piperidine rings is 1. The Kier molecular flexibility index (Phi) is 12.3. The number of imidazole rings is 2. The van der Waals surface area contributed by atoms with Crippen LogP contribution in [0.15, 0.2) is 73.1 Å². The van der Waals surface area contributed by atoms with E-state index >= 15 is 4.39 Å². The Hall–Kier alpha value is -7.37. The number of halogens is 1. The Labute approximate surface area is 404 Å². The number of likely N-dealkylation sites (tertiary alicyclic amines) is 2. The van der Waals surface area contributed by atoms with Crippen LogP contribution < -0.4 is 20.1 Å². The summed E-state index contributed by atoms with van der Waals surface area (Å²) in [5.41, 5.74) is 5.22. The summed E-state index contributed by atoms with van der Waals surface area (Å²) in [6.45, 7) is 8.04. The van der Waals surface area contributed by atoms with E-state index in [1.165, 1.54) is 20.3 Å². The SMILES string of the molecule is COC(=O)N[C@H](C(=O)N1CCC[C@H]1c1ncc(-c2cc(F)c3c(c2)OC(c2cccc(OC)c2)n2c-3cc3cc(-c4cnc([C@@H]5[C@H]6CC[C@H](C6)N5C(=O)[C@@H](NC(=O)OC)C(C)C)[nH]4)ccc32)[nH]1)C(C)C. The highest BCUT2D eigenvalue weighted by atomic mass is 19.1. The molecule has 3 aliphatic heterocycles. The van der Waals surface area contributed by atoms with E-state index in [0.717, 1.165) is 53.4 Å². The summed E-state index contributed by atoms with van der Waals surface area (Å²) in [5.74, 6) is 1.26. The Morgan fingerprint density at radius 2 is 1.50 bits per heavy atom. The third kappa shape index (κ3) is 8.15. The molecule has 7 atom stereocenters. The average Bonchev–Trinajstić information content (AvgIpc) is 4.23. The van der Waals surface area contributed by atoms with Crippen LogP contribution in [0.2, 0.25) is 0 Å². The molecule has 1 aliphatic carbocycles. The first kappa shape index (κ1) is 46.4. The van der Waals surface area contributed by atoms with Crippen molar-refractivity contribution in [3.63, 3.8) is 0 Å². The molecule has 6 aromatic rings. The molecular formula is C52H58FN9O8. The number of ether oxygens (including phenoxy) is 4. The number of H-pyrrole nitrogens is 2. The van der Waals surface area contributed by atoms with Crippen molar-refractivity contribution in [3.8, 4) is 45.3 Å². The Morgan fingerprint density at radius 3 is 2.21 bits per heavy atom. The fourth-order valence-electron chi connectivity index (χ4n) is 11.1. The summed E-state index contributed by atoms with van der Waals surface area (Å²) in [6, 6.07) is 16.8. The van der Waals surface area contributed by atoms with Gasteiger partial charge in [-0.05, 0) is 92.3 Å². The van der Waals surface area contributed by atoms with Crippen molar-refractivity contribution in [2.75, 3.05) is 27.9 Å². The Balaban J connectivity index is 0.978. The molecule has 2 bridgehead atoms. The molecular weight excluding hydrogens is 898 g/mol. The molecule has 0 radical (unpaired) electrons. The number of aromatic amines is 2. The molecule has 2 saturated heterocycles. The van der Waals surface area contributed by atoms with Crippen molar-refractivity contribution < 1.29 is 42.5 Å². The maximum Gasteiger partial charge on any atom is 0.407 e. The van der Waals surface area contributed by atoms with E-state index in [2.05, 4.69) is 20.6 Å². The van der Waals surface area contributed by atoms with Gasteiger partial charge in [0.15, 0.2) is 0 Å². The standard InChI is InChI=1S/C52H58FN9O8/c1-26(2)43(58-51(65)68-6)48(63)60-17-9-12-39(60)46-54-25-37(56-46)31-21-35(53)42-40-22-32-18-28(14-16-38(32)62(40)50(70-41(42)23-31)30-10-8-11-34(20-30)67-5)36-24-55-47(57-36)45-29-13-15-33(19-29)61(45)49(64)44(27(3)4)59-52(66)69-7/h8,10-11,14,16,18,20-27,29,33,39,43-45,50H,9,12-13,15,17,19H2,1-7H3,(H,54,56)(H,55,57)(H,58,65)(H,59,66)/t29-,33+,39-,43-,44-,45-,50?/m0/s1. The number of carbonyl (C=O) groups is 4. The van der Waals surface area contributed by atoms with Gasteiger partial charge in [0.1, 0.15) is 41.0 Å². The first-order valence-corrected chi connectivity index (χ1v) is 24.0. The quantitative estimate of drug-likeness (QED) is 0.0921. The zero-order chi connectivity index (χ0) is 49.1. The predicted molar refractivity (Wildman–Crippen MR) is 257 cm³/mol. The predicted octanol–water partition coefficient (Wildman–Crippen LogP) is 8.65. The topological polar surface area (TPSA) is 198 Å². The van der Waals surface area contributed by atoms with Crippen LogP contribution in [0.4, 0.5) is 14.0 Å². The number of rotatable bonds is 12. The maximum atomic E-state index is 17.0. The molecule has 366 valence electrons. The number of aromatic nitrogens is 5. The van der Waals surface area contributed by atoms with Crippen molar-refractivity contribution in [1.29, 1.82) is 0 Å². The Bertz CT molecular complexity index is 3000. The smallest absolute Gasteiger partial charge is 0.407 e. The molecule has 4 N–H and O–H groups in total. The molecule has 1 saturated carbocycles. The highest BCUT2D eigenvalue weighted by Gasteiger charge is 2.51. The average molecular weight is 956 g/mol. The lowest BCUT2D eigenvalue weighted by Gasteiger charge is -2.37. The van der Waals surface area contributed by atoms with Gasteiger partial charge in [0.05, 0.1) is 74.0 Å². The van der Waals surface area contributed by atoms with Gasteiger partial charge in [0, 0.05) is 34.7 Å². The van der Waals surface area contributed by atoms with Gasteiger partial charge in [-0.15, -0.1) is 0 Å². The van der Waals surface area contributed by atoms with Crippen LogP contribution in [-0.4, -0.2) is 104 Å². The summed E-state index contributed by atoms with van der Waals surface area (Å²) in [4.78, 5) is 72.6. The molecule has 3 aromatic heterocycles. The zero-order valence-electron chi connectivity index (χ0n) is 40.2. The van der Waals surface area contributed by atoms with Crippen molar-refractivity contribution in [3.05, 3.63) is 96.1 Å². The van der Waals surface area contributed by atoms with Gasteiger partial charge in [0.2, 0.25) is 18.0 Å². The molecule has 4 amide bonds. The molecule has 70 heavy (non-hydrogen) atoms. The van der Waals surface area contributed by atoms with E-state index in [1.807, 2.05) is 91.8 Å². The second kappa shape index (κ2) is 18.5. The lowest BCUT2D eigenvalue weighted by Crippen LogP contribution is -2.54. The van der Waals surface area contributed by atoms with E-state index < -0.39 is 36.3 Å². The summed E-state index contributed by atoms with van der Waals surface area (Å²) < 4.78 is 41.1. The molecule has 6 heterocycles. The number of nitrogens with zero attached hydrogens (tertiary/aromatic N) is 5. The molecule has 4 aliphatic rings. The highest BCUT2D eigenvalue weighted by molar-refractivity contribution is 5.93. The first-order chi connectivity index (χ1) is 33.8. The van der Waals surface area contributed by atoms with E-state index in [1.54, 1.807) is 24.4 Å². The summed E-state index contributed by atoms with van der Waals surface area (Å²) in [6.07, 6.45) is 5.57. The van der Waals surface area contributed by atoms with E-state index in [9.17, 15) is 19.2 Å². The number of benzene rings is 3. The number of nitrogens with one attached hydrogen (secondary N) is 4. The van der Waals surface area contributed by atoms with E-state index in [-0.39, 0.29) is 47.7 Å². The fraction of sp³-hybridized carbons (Fsp3) is 0.423. The van der Waals surface area contributed by atoms with E-state index in [4.69, 9.17) is 28.9 Å². The number of carbonyl (C=O) groups excluding carboxylic acids is 4. The number of hydrogen-bond acceptors (Lipinski definition) is 10. The third-order valence-corrected chi connectivity index (χ3v) is 14.6. The number of alkyl carbamates (subject to hydrolysis) is 2. The molecule has 1 unspecified atom stereocenters.